The van der Waals surface area contributed by atoms with Crippen molar-refractivity contribution in [1.82, 2.24) is 0 Å². The van der Waals surface area contributed by atoms with Crippen molar-refractivity contribution in [2.75, 3.05) is 11.1 Å². The Labute approximate surface area is 132 Å². The van der Waals surface area contributed by atoms with Crippen molar-refractivity contribution >= 4 is 34.5 Å². The molecule has 0 amide bonds. The highest BCUT2D eigenvalue weighted by Crippen LogP contribution is 2.17. The molecular formula is C15H29BrO2S. The van der Waals surface area contributed by atoms with E-state index in [2.05, 4.69) is 28.6 Å². The number of aliphatic carboxylic acids is 1. The topological polar surface area (TPSA) is 37.3 Å². The Bertz CT molecular complexity index is 212. The number of unbranched alkanes of at least 4 members (excludes halogenated alkanes) is 8. The average molecular weight is 353 g/mol. The van der Waals surface area contributed by atoms with Gasteiger partial charge in [-0.2, -0.15) is 12.6 Å². The van der Waals surface area contributed by atoms with Gasteiger partial charge in [-0.15, -0.1) is 0 Å². The van der Waals surface area contributed by atoms with Crippen molar-refractivity contribution in [3.63, 3.8) is 0 Å². The van der Waals surface area contributed by atoms with Gasteiger partial charge in [0.25, 0.3) is 0 Å². The number of alkyl halides is 1. The molecule has 0 aromatic heterocycles. The van der Waals surface area contributed by atoms with Gasteiger partial charge in [0.15, 0.2) is 0 Å². The Kier molecular flexibility index (Phi) is 14.9. The number of carbonyl (C=O) groups is 1. The second kappa shape index (κ2) is 14.7. The number of hydrogen-bond acceptors (Lipinski definition) is 2. The summed E-state index contributed by atoms with van der Waals surface area (Å²) in [5, 5.41) is 9.81. The highest BCUT2D eigenvalue weighted by molar-refractivity contribution is 9.09. The van der Waals surface area contributed by atoms with E-state index in [1.165, 1.54) is 51.4 Å². The molecule has 0 aromatic carbocycles. The number of hydrogen-bond donors (Lipinski definition) is 2. The van der Waals surface area contributed by atoms with Crippen LogP contribution in [0.15, 0.2) is 0 Å². The zero-order valence-corrected chi connectivity index (χ0v) is 14.4. The summed E-state index contributed by atoms with van der Waals surface area (Å²) >= 11 is 7.52. The number of halogens is 1. The van der Waals surface area contributed by atoms with Crippen LogP contribution in [0, 0.1) is 5.92 Å². The SMILES string of the molecule is O=C(O)C(CCBr)CCCCCCCCCCCS. The van der Waals surface area contributed by atoms with Gasteiger partial charge in [-0.25, -0.2) is 0 Å². The lowest BCUT2D eigenvalue weighted by Gasteiger charge is -2.10. The average Bonchev–Trinajstić information content (AvgIpc) is 2.39. The molecule has 1 unspecified atom stereocenters. The van der Waals surface area contributed by atoms with Gasteiger partial charge in [0.2, 0.25) is 0 Å². The van der Waals surface area contributed by atoms with Gasteiger partial charge < -0.3 is 5.11 Å². The molecule has 1 atom stereocenters. The second-order valence-corrected chi connectivity index (χ2v) is 6.45. The van der Waals surface area contributed by atoms with Crippen molar-refractivity contribution in [1.29, 1.82) is 0 Å². The number of rotatable bonds is 14. The van der Waals surface area contributed by atoms with Crippen LogP contribution in [0.2, 0.25) is 0 Å². The maximum atomic E-state index is 11.0. The molecule has 0 radical (unpaired) electrons. The summed E-state index contributed by atoms with van der Waals surface area (Å²) in [6.07, 6.45) is 13.0. The molecule has 19 heavy (non-hydrogen) atoms. The summed E-state index contributed by atoms with van der Waals surface area (Å²) in [7, 11) is 0. The van der Waals surface area contributed by atoms with Crippen LogP contribution in [-0.2, 0) is 4.79 Å². The van der Waals surface area contributed by atoms with E-state index in [1.54, 1.807) is 0 Å². The Morgan fingerprint density at radius 1 is 0.895 bits per heavy atom. The summed E-state index contributed by atoms with van der Waals surface area (Å²) < 4.78 is 0. The molecule has 0 heterocycles. The fourth-order valence-corrected chi connectivity index (χ4v) is 3.04. The molecule has 0 aliphatic heterocycles. The number of carboxylic acid groups (broad SMARTS) is 1. The van der Waals surface area contributed by atoms with Gasteiger partial charge in [-0.05, 0) is 25.0 Å². The first kappa shape index (κ1) is 19.3. The first-order valence-electron chi connectivity index (χ1n) is 7.62. The van der Waals surface area contributed by atoms with E-state index in [4.69, 9.17) is 5.11 Å². The molecule has 0 rings (SSSR count). The highest BCUT2D eigenvalue weighted by atomic mass is 79.9. The van der Waals surface area contributed by atoms with E-state index in [9.17, 15) is 4.79 Å². The van der Waals surface area contributed by atoms with Crippen LogP contribution in [0.3, 0.4) is 0 Å². The van der Waals surface area contributed by atoms with Crippen molar-refractivity contribution in [2.45, 2.75) is 70.6 Å². The molecule has 114 valence electrons. The van der Waals surface area contributed by atoms with Crippen LogP contribution >= 0.6 is 28.6 Å². The number of carboxylic acids is 1. The summed E-state index contributed by atoms with van der Waals surface area (Å²) in [4.78, 5) is 11.0. The monoisotopic (exact) mass is 352 g/mol. The predicted molar refractivity (Wildman–Crippen MR) is 89.6 cm³/mol. The standard InChI is InChI=1S/C15H29BrO2S/c16-12-11-14(15(17)18)10-8-6-4-2-1-3-5-7-9-13-19/h14,19H,1-13H2,(H,17,18). The molecule has 4 heteroatoms. The lowest BCUT2D eigenvalue weighted by Crippen LogP contribution is -2.14. The molecule has 2 nitrogen and oxygen atoms in total. The Balaban J connectivity index is 3.27. The van der Waals surface area contributed by atoms with Crippen LogP contribution in [0.25, 0.3) is 0 Å². The summed E-state index contributed by atoms with van der Waals surface area (Å²) in [5.74, 6) is 0.225. The molecule has 1 N–H and O–H groups in total. The molecule has 0 spiro atoms. The van der Waals surface area contributed by atoms with E-state index in [1.807, 2.05) is 0 Å². The summed E-state index contributed by atoms with van der Waals surface area (Å²) in [5.41, 5.74) is 0. The molecule has 0 saturated carbocycles. The van der Waals surface area contributed by atoms with Gasteiger partial charge >= 0.3 is 5.97 Å². The van der Waals surface area contributed by atoms with Crippen molar-refractivity contribution in [3.05, 3.63) is 0 Å². The minimum Gasteiger partial charge on any atom is -0.481 e. The molecule has 0 aromatic rings. The van der Waals surface area contributed by atoms with Gasteiger partial charge in [0, 0.05) is 5.33 Å². The maximum Gasteiger partial charge on any atom is 0.306 e. The Morgan fingerprint density at radius 3 is 1.79 bits per heavy atom. The zero-order valence-electron chi connectivity index (χ0n) is 12.0. The lowest BCUT2D eigenvalue weighted by atomic mass is 9.98. The van der Waals surface area contributed by atoms with Crippen molar-refractivity contribution < 1.29 is 9.90 Å². The van der Waals surface area contributed by atoms with Crippen molar-refractivity contribution in [2.24, 2.45) is 5.92 Å². The minimum absolute atomic E-state index is 0.152. The van der Waals surface area contributed by atoms with E-state index >= 15 is 0 Å². The number of thiol groups is 1. The predicted octanol–water partition coefficient (Wildman–Crippen LogP) is 5.30. The third-order valence-electron chi connectivity index (χ3n) is 3.52. The van der Waals surface area contributed by atoms with Crippen LogP contribution in [-0.4, -0.2) is 22.2 Å². The molecule has 0 saturated heterocycles. The van der Waals surface area contributed by atoms with Crippen LogP contribution < -0.4 is 0 Å². The largest absolute Gasteiger partial charge is 0.481 e. The molecule has 0 fully saturated rings. The van der Waals surface area contributed by atoms with E-state index < -0.39 is 5.97 Å². The van der Waals surface area contributed by atoms with Crippen LogP contribution in [0.4, 0.5) is 0 Å². The third kappa shape index (κ3) is 13.1. The first-order chi connectivity index (χ1) is 9.22. The third-order valence-corrected chi connectivity index (χ3v) is 4.29. The van der Waals surface area contributed by atoms with E-state index in [0.717, 1.165) is 30.3 Å². The van der Waals surface area contributed by atoms with E-state index in [-0.39, 0.29) is 5.92 Å². The Hall–Kier alpha value is 0.300. The molecular weight excluding hydrogens is 324 g/mol. The van der Waals surface area contributed by atoms with Gasteiger partial charge in [-0.3, -0.25) is 4.79 Å². The first-order valence-corrected chi connectivity index (χ1v) is 9.37. The molecule has 0 aliphatic carbocycles. The fraction of sp³-hybridized carbons (Fsp3) is 0.933. The summed E-state index contributed by atoms with van der Waals surface area (Å²) in [6.45, 7) is 0. The van der Waals surface area contributed by atoms with Crippen LogP contribution in [0.5, 0.6) is 0 Å². The van der Waals surface area contributed by atoms with Gasteiger partial charge in [0.05, 0.1) is 5.92 Å². The normalized spacial score (nSPS) is 12.5. The molecule has 0 aliphatic rings. The van der Waals surface area contributed by atoms with Crippen LogP contribution in [0.1, 0.15) is 70.6 Å². The Morgan fingerprint density at radius 2 is 1.37 bits per heavy atom. The van der Waals surface area contributed by atoms with Gasteiger partial charge in [0.1, 0.15) is 0 Å². The quantitative estimate of drug-likeness (QED) is 0.252. The summed E-state index contributed by atoms with van der Waals surface area (Å²) in [6, 6.07) is 0. The lowest BCUT2D eigenvalue weighted by molar-refractivity contribution is -0.142. The molecule has 0 bridgehead atoms. The smallest absolute Gasteiger partial charge is 0.306 e. The van der Waals surface area contributed by atoms with E-state index in [0.29, 0.717) is 0 Å². The maximum absolute atomic E-state index is 11.0. The zero-order chi connectivity index (χ0) is 14.3. The van der Waals surface area contributed by atoms with Gasteiger partial charge in [-0.1, -0.05) is 67.3 Å². The van der Waals surface area contributed by atoms with Crippen molar-refractivity contribution in [3.8, 4) is 0 Å². The highest BCUT2D eigenvalue weighted by Gasteiger charge is 2.15. The second-order valence-electron chi connectivity index (χ2n) is 5.21. The fourth-order valence-electron chi connectivity index (χ4n) is 2.26. The minimum atomic E-state index is -0.636.